The molecular formula is C59H40N2. The Balaban J connectivity index is 1.14. The van der Waals surface area contributed by atoms with Gasteiger partial charge in [0, 0.05) is 33.5 Å². The van der Waals surface area contributed by atoms with Crippen molar-refractivity contribution < 1.29 is 0 Å². The lowest BCUT2D eigenvalue weighted by molar-refractivity contribution is 0.770. The largest absolute Gasteiger partial charge is 0.310 e. The van der Waals surface area contributed by atoms with Crippen molar-refractivity contribution in [2.75, 3.05) is 4.90 Å². The third-order valence-corrected chi connectivity index (χ3v) is 12.8. The first-order valence-electron chi connectivity index (χ1n) is 21.1. The summed E-state index contributed by atoms with van der Waals surface area (Å²) in [5, 5.41) is 4.93. The molecular weight excluding hydrogens is 737 g/mol. The topological polar surface area (TPSA) is 8.17 Å². The van der Waals surface area contributed by atoms with Gasteiger partial charge in [0.1, 0.15) is 0 Å². The van der Waals surface area contributed by atoms with Crippen LogP contribution in [-0.2, 0) is 5.41 Å². The lowest BCUT2D eigenvalue weighted by atomic mass is 9.67. The third-order valence-electron chi connectivity index (χ3n) is 12.8. The zero-order chi connectivity index (χ0) is 40.3. The lowest BCUT2D eigenvalue weighted by Gasteiger charge is -2.35. The number of hydrogen-bond acceptors (Lipinski definition) is 1. The highest BCUT2D eigenvalue weighted by Gasteiger charge is 2.47. The molecule has 0 spiro atoms. The van der Waals surface area contributed by atoms with E-state index in [1.54, 1.807) is 0 Å². The molecule has 0 unspecified atom stereocenters. The Kier molecular flexibility index (Phi) is 8.11. The first kappa shape index (κ1) is 35.0. The maximum absolute atomic E-state index is 2.48. The Labute approximate surface area is 355 Å². The van der Waals surface area contributed by atoms with Crippen LogP contribution >= 0.6 is 0 Å². The molecule has 1 aromatic heterocycles. The molecule has 0 fully saturated rings. The summed E-state index contributed by atoms with van der Waals surface area (Å²) in [6.07, 6.45) is 0. The van der Waals surface area contributed by atoms with Crippen molar-refractivity contribution in [2.45, 2.75) is 5.41 Å². The maximum atomic E-state index is 2.48. The fourth-order valence-electron chi connectivity index (χ4n) is 10.2. The molecule has 1 heterocycles. The molecule has 1 atom stereocenters. The number of anilines is 3. The highest BCUT2D eigenvalue weighted by Crippen LogP contribution is 2.58. The van der Waals surface area contributed by atoms with Gasteiger partial charge in [0.2, 0.25) is 0 Å². The zero-order valence-corrected chi connectivity index (χ0v) is 33.5. The number of hydrogen-bond donors (Lipinski definition) is 0. The number of nitrogens with zero attached hydrogens (tertiary/aromatic N) is 2. The minimum Gasteiger partial charge on any atom is -0.310 e. The van der Waals surface area contributed by atoms with Crippen LogP contribution in [-0.4, -0.2) is 4.57 Å². The van der Waals surface area contributed by atoms with E-state index in [9.17, 15) is 0 Å². The second kappa shape index (κ2) is 14.1. The molecule has 1 aliphatic carbocycles. The zero-order valence-electron chi connectivity index (χ0n) is 33.5. The van der Waals surface area contributed by atoms with E-state index in [1.165, 1.54) is 77.1 Å². The van der Waals surface area contributed by atoms with Gasteiger partial charge in [-0.15, -0.1) is 0 Å². The van der Waals surface area contributed by atoms with Crippen LogP contribution in [0.2, 0.25) is 0 Å². The second-order valence-corrected chi connectivity index (χ2v) is 16.1. The van der Waals surface area contributed by atoms with Crippen LogP contribution in [0.1, 0.15) is 22.3 Å². The Morgan fingerprint density at radius 3 is 1.69 bits per heavy atom. The van der Waals surface area contributed by atoms with E-state index in [0.717, 1.165) is 22.7 Å². The van der Waals surface area contributed by atoms with Crippen molar-refractivity contribution in [1.82, 2.24) is 4.57 Å². The van der Waals surface area contributed by atoms with Gasteiger partial charge in [-0.1, -0.05) is 164 Å². The summed E-state index contributed by atoms with van der Waals surface area (Å²) in [7, 11) is 0. The van der Waals surface area contributed by atoms with Gasteiger partial charge in [-0.2, -0.15) is 0 Å². The molecule has 0 amide bonds. The van der Waals surface area contributed by atoms with E-state index < -0.39 is 5.41 Å². The summed E-state index contributed by atoms with van der Waals surface area (Å²) < 4.78 is 2.38. The Hall–Kier alpha value is -7.94. The number of benzene rings is 10. The molecule has 0 saturated carbocycles. The van der Waals surface area contributed by atoms with Gasteiger partial charge < -0.3 is 9.47 Å². The van der Waals surface area contributed by atoms with Gasteiger partial charge in [0.15, 0.2) is 0 Å². The average molecular weight is 777 g/mol. The van der Waals surface area contributed by atoms with E-state index >= 15 is 0 Å². The summed E-state index contributed by atoms with van der Waals surface area (Å²) in [6.45, 7) is 0. The van der Waals surface area contributed by atoms with E-state index in [-0.39, 0.29) is 0 Å². The minimum atomic E-state index is -0.605. The van der Waals surface area contributed by atoms with Crippen molar-refractivity contribution in [3.63, 3.8) is 0 Å². The Morgan fingerprint density at radius 2 is 0.902 bits per heavy atom. The molecule has 0 bridgehead atoms. The van der Waals surface area contributed by atoms with Crippen molar-refractivity contribution in [3.05, 3.63) is 265 Å². The molecule has 286 valence electrons. The molecule has 0 N–H and O–H groups in total. The van der Waals surface area contributed by atoms with Crippen LogP contribution < -0.4 is 4.90 Å². The van der Waals surface area contributed by atoms with Crippen molar-refractivity contribution in [2.24, 2.45) is 0 Å². The first-order chi connectivity index (χ1) is 30.3. The third kappa shape index (κ3) is 5.50. The van der Waals surface area contributed by atoms with Gasteiger partial charge >= 0.3 is 0 Å². The van der Waals surface area contributed by atoms with Crippen LogP contribution in [0, 0.1) is 0 Å². The van der Waals surface area contributed by atoms with E-state index in [2.05, 4.69) is 252 Å². The first-order valence-corrected chi connectivity index (χ1v) is 21.1. The van der Waals surface area contributed by atoms with Gasteiger partial charge in [0.05, 0.1) is 16.4 Å². The van der Waals surface area contributed by atoms with Crippen LogP contribution in [0.15, 0.2) is 243 Å². The van der Waals surface area contributed by atoms with Crippen molar-refractivity contribution in [3.8, 4) is 27.9 Å². The standard InChI is InChI=1S/C59H40N2/c1-5-18-41(19-6-1)42-22-17-25-46(36-42)59(45-23-7-2-8-24-45)55-38-44-21-14-13-20-43(44)37-53(55)51-34-32-50(40-56(51)59)60(47-26-9-3-10-27-47)49-33-35-58-54(39-49)52-30-15-16-31-57(52)61(58)48-28-11-4-12-29-48/h1-40H/t59-/m0/s1. The predicted molar refractivity (Wildman–Crippen MR) is 256 cm³/mol. The van der Waals surface area contributed by atoms with E-state index in [1.807, 2.05) is 0 Å². The summed E-state index contributed by atoms with van der Waals surface area (Å²) in [4.78, 5) is 2.43. The lowest BCUT2D eigenvalue weighted by Crippen LogP contribution is -2.29. The quantitative estimate of drug-likeness (QED) is 0.156. The number of para-hydroxylation sites is 3. The number of aromatic nitrogens is 1. The van der Waals surface area contributed by atoms with Gasteiger partial charge in [-0.3, -0.25) is 0 Å². The maximum Gasteiger partial charge on any atom is 0.0714 e. The highest BCUT2D eigenvalue weighted by atomic mass is 15.1. The number of rotatable bonds is 7. The molecule has 2 heteroatoms. The Bertz CT molecular complexity index is 3410. The summed E-state index contributed by atoms with van der Waals surface area (Å²) in [5.41, 5.74) is 16.2. The van der Waals surface area contributed by atoms with Gasteiger partial charge in [-0.05, 0) is 134 Å². The Morgan fingerprint density at radius 1 is 0.328 bits per heavy atom. The molecule has 12 rings (SSSR count). The molecule has 61 heavy (non-hydrogen) atoms. The van der Waals surface area contributed by atoms with E-state index in [0.29, 0.717) is 0 Å². The molecule has 0 saturated heterocycles. The summed E-state index contributed by atoms with van der Waals surface area (Å²) in [5.74, 6) is 0. The van der Waals surface area contributed by atoms with E-state index in [4.69, 9.17) is 0 Å². The van der Waals surface area contributed by atoms with Crippen LogP contribution in [0.3, 0.4) is 0 Å². The van der Waals surface area contributed by atoms with Gasteiger partial charge in [0.25, 0.3) is 0 Å². The summed E-state index contributed by atoms with van der Waals surface area (Å²) in [6, 6.07) is 89.3. The summed E-state index contributed by atoms with van der Waals surface area (Å²) >= 11 is 0. The second-order valence-electron chi connectivity index (χ2n) is 16.1. The van der Waals surface area contributed by atoms with Crippen LogP contribution in [0.25, 0.3) is 60.5 Å². The van der Waals surface area contributed by atoms with Crippen molar-refractivity contribution in [1.29, 1.82) is 0 Å². The highest BCUT2D eigenvalue weighted by molar-refractivity contribution is 6.11. The molecule has 1 aliphatic rings. The van der Waals surface area contributed by atoms with Gasteiger partial charge in [-0.25, -0.2) is 0 Å². The normalized spacial score (nSPS) is 14.3. The minimum absolute atomic E-state index is 0.605. The molecule has 0 radical (unpaired) electrons. The monoisotopic (exact) mass is 776 g/mol. The fourth-order valence-corrected chi connectivity index (χ4v) is 10.2. The smallest absolute Gasteiger partial charge is 0.0714 e. The van der Waals surface area contributed by atoms with Crippen molar-refractivity contribution >= 4 is 49.6 Å². The SMILES string of the molecule is c1ccc(-c2cccc([C@]3(c4ccccc4)c4cc(N(c5ccccc5)c5ccc6c(c5)c5ccccc5n6-c5ccccc5)ccc4-c4cc5ccccc5cc43)c2)cc1. The fraction of sp³-hybridized carbons (Fsp3) is 0.0169. The molecule has 11 aromatic rings. The molecule has 2 nitrogen and oxygen atoms in total. The average Bonchev–Trinajstić information content (AvgIpc) is 3.81. The molecule has 0 aliphatic heterocycles. The van der Waals surface area contributed by atoms with Crippen LogP contribution in [0.4, 0.5) is 17.1 Å². The predicted octanol–water partition coefficient (Wildman–Crippen LogP) is 15.4. The van der Waals surface area contributed by atoms with Crippen LogP contribution in [0.5, 0.6) is 0 Å². The number of fused-ring (bicyclic) bond motifs is 7. The molecule has 10 aromatic carbocycles.